The van der Waals surface area contributed by atoms with Crippen molar-refractivity contribution in [3.8, 4) is 0 Å². The van der Waals surface area contributed by atoms with E-state index in [1.54, 1.807) is 0 Å². The van der Waals surface area contributed by atoms with Gasteiger partial charge in [-0.15, -0.1) is 0 Å². The van der Waals surface area contributed by atoms with Gasteiger partial charge in [-0.2, -0.15) is 0 Å². The SMILES string of the molecule is CCCCCCCC/C=C/CCCCCCCCCCCCCC(=O)O[C@H](COC(=O)CCCCCCCCCCCCCCCCCCCC)CO[C@@H]1O[C@H](CO)[C@H](O)C(O)C1O. The number of carbonyl (C=O) groups excluding carboxylic acids is 2. The zero-order chi connectivity index (χ0) is 46.6. The van der Waals surface area contributed by atoms with E-state index >= 15 is 0 Å². The van der Waals surface area contributed by atoms with Gasteiger partial charge < -0.3 is 39.4 Å². The molecular weight excluding hydrogens is 809 g/mol. The lowest BCUT2D eigenvalue weighted by Gasteiger charge is -2.39. The standard InChI is InChI=1S/C54H102O10/c1-3-5-7-9-11-13-15-17-19-21-23-24-25-27-29-31-33-35-37-39-41-43-50(57)63-47(46-62-54-53(60)52(59)51(58)48(44-55)64-54)45-61-49(56)42-40-38-36-34-32-30-28-26-22-20-18-16-14-12-10-8-6-4-2/h17,19,47-48,51-55,58-60H,3-16,18,20-46H2,1-2H3/b19-17+/t47-,48-,51+,52?,53?,54-/m1/s1. The fraction of sp³-hybridized carbons (Fsp3) is 0.926. The highest BCUT2D eigenvalue weighted by Crippen LogP contribution is 2.23. The predicted octanol–water partition coefficient (Wildman–Crippen LogP) is 13.1. The maximum atomic E-state index is 12.9. The molecule has 1 heterocycles. The van der Waals surface area contributed by atoms with Gasteiger partial charge in [0.15, 0.2) is 12.4 Å². The van der Waals surface area contributed by atoms with Crippen LogP contribution in [0.2, 0.25) is 0 Å². The fourth-order valence-corrected chi connectivity index (χ4v) is 8.60. The third-order valence-electron chi connectivity index (χ3n) is 12.9. The second-order valence-electron chi connectivity index (χ2n) is 19.0. The molecule has 0 aromatic heterocycles. The zero-order valence-electron chi connectivity index (χ0n) is 41.6. The van der Waals surface area contributed by atoms with Crippen molar-refractivity contribution in [2.75, 3.05) is 19.8 Å². The van der Waals surface area contributed by atoms with Crippen LogP contribution in [0, 0.1) is 0 Å². The van der Waals surface area contributed by atoms with Gasteiger partial charge in [0, 0.05) is 12.8 Å². The van der Waals surface area contributed by atoms with Crippen LogP contribution in [0.5, 0.6) is 0 Å². The van der Waals surface area contributed by atoms with Gasteiger partial charge >= 0.3 is 11.9 Å². The summed E-state index contributed by atoms with van der Waals surface area (Å²) in [4.78, 5) is 25.5. The number of rotatable bonds is 47. The highest BCUT2D eigenvalue weighted by atomic mass is 16.7. The van der Waals surface area contributed by atoms with Crippen molar-refractivity contribution in [2.45, 2.75) is 301 Å². The van der Waals surface area contributed by atoms with E-state index in [0.717, 1.165) is 38.5 Å². The van der Waals surface area contributed by atoms with Gasteiger partial charge in [0.2, 0.25) is 0 Å². The van der Waals surface area contributed by atoms with Crippen molar-refractivity contribution in [1.29, 1.82) is 0 Å². The fourth-order valence-electron chi connectivity index (χ4n) is 8.60. The molecule has 0 aliphatic carbocycles. The molecule has 1 saturated heterocycles. The summed E-state index contributed by atoms with van der Waals surface area (Å²) in [5.41, 5.74) is 0. The van der Waals surface area contributed by atoms with Crippen LogP contribution < -0.4 is 0 Å². The van der Waals surface area contributed by atoms with Gasteiger partial charge in [0.05, 0.1) is 13.2 Å². The number of aliphatic hydroxyl groups is 4. The van der Waals surface area contributed by atoms with E-state index in [2.05, 4.69) is 26.0 Å². The minimum absolute atomic E-state index is 0.211. The van der Waals surface area contributed by atoms with Crippen LogP contribution in [0.1, 0.15) is 264 Å². The second kappa shape index (κ2) is 45.2. The summed E-state index contributed by atoms with van der Waals surface area (Å²) >= 11 is 0. The monoisotopic (exact) mass is 911 g/mol. The van der Waals surface area contributed by atoms with Crippen LogP contribution >= 0.6 is 0 Å². The summed E-state index contributed by atoms with van der Waals surface area (Å²) in [6.07, 6.45) is 43.6. The van der Waals surface area contributed by atoms with Crippen molar-refractivity contribution < 1.29 is 49.0 Å². The number of hydrogen-bond acceptors (Lipinski definition) is 10. The molecular formula is C54H102O10. The maximum absolute atomic E-state index is 12.9. The van der Waals surface area contributed by atoms with Gasteiger partial charge in [0.25, 0.3) is 0 Å². The topological polar surface area (TPSA) is 152 Å². The van der Waals surface area contributed by atoms with Crippen molar-refractivity contribution >= 4 is 11.9 Å². The molecule has 0 radical (unpaired) electrons. The Morgan fingerprint density at radius 3 is 1.22 bits per heavy atom. The largest absolute Gasteiger partial charge is 0.462 e. The summed E-state index contributed by atoms with van der Waals surface area (Å²) in [5.74, 6) is -0.789. The summed E-state index contributed by atoms with van der Waals surface area (Å²) in [7, 11) is 0. The highest BCUT2D eigenvalue weighted by Gasteiger charge is 2.44. The minimum atomic E-state index is -1.59. The first kappa shape index (κ1) is 60.5. The Labute approximate surface area is 392 Å². The molecule has 4 N–H and O–H groups in total. The molecule has 1 aliphatic heterocycles. The van der Waals surface area contributed by atoms with Gasteiger partial charge in [-0.3, -0.25) is 9.59 Å². The van der Waals surface area contributed by atoms with Gasteiger partial charge in [-0.05, 0) is 38.5 Å². The number of carbonyl (C=O) groups is 2. The van der Waals surface area contributed by atoms with E-state index in [1.807, 2.05) is 0 Å². The quantitative estimate of drug-likeness (QED) is 0.0264. The number of hydrogen-bond donors (Lipinski definition) is 4. The average molecular weight is 911 g/mol. The minimum Gasteiger partial charge on any atom is -0.462 e. The molecule has 0 saturated carbocycles. The van der Waals surface area contributed by atoms with Crippen LogP contribution in [0.15, 0.2) is 12.2 Å². The smallest absolute Gasteiger partial charge is 0.306 e. The number of esters is 2. The molecule has 0 aromatic rings. The highest BCUT2D eigenvalue weighted by molar-refractivity contribution is 5.70. The first-order valence-corrected chi connectivity index (χ1v) is 27.3. The lowest BCUT2D eigenvalue weighted by molar-refractivity contribution is -0.305. The van der Waals surface area contributed by atoms with Gasteiger partial charge in [-0.1, -0.05) is 225 Å². The summed E-state index contributed by atoms with van der Waals surface area (Å²) in [6.45, 7) is 3.47. The molecule has 0 spiro atoms. The van der Waals surface area contributed by atoms with Crippen LogP contribution in [-0.2, 0) is 28.5 Å². The van der Waals surface area contributed by atoms with Crippen molar-refractivity contribution in [1.82, 2.24) is 0 Å². The predicted molar refractivity (Wildman–Crippen MR) is 261 cm³/mol. The van der Waals surface area contributed by atoms with Crippen LogP contribution in [-0.4, -0.2) is 89.0 Å². The molecule has 0 amide bonds. The number of ether oxygens (including phenoxy) is 4. The maximum Gasteiger partial charge on any atom is 0.306 e. The third-order valence-corrected chi connectivity index (χ3v) is 12.9. The first-order chi connectivity index (χ1) is 31.3. The molecule has 378 valence electrons. The van der Waals surface area contributed by atoms with Gasteiger partial charge in [0.1, 0.15) is 31.0 Å². The molecule has 0 bridgehead atoms. The van der Waals surface area contributed by atoms with E-state index in [-0.39, 0.29) is 32.0 Å². The van der Waals surface area contributed by atoms with Crippen LogP contribution in [0.25, 0.3) is 0 Å². The molecule has 10 nitrogen and oxygen atoms in total. The van der Waals surface area contributed by atoms with Gasteiger partial charge in [-0.25, -0.2) is 0 Å². The van der Waals surface area contributed by atoms with E-state index in [4.69, 9.17) is 18.9 Å². The Balaban J connectivity index is 2.22. The Morgan fingerprint density at radius 1 is 0.469 bits per heavy atom. The van der Waals surface area contributed by atoms with E-state index in [1.165, 1.54) is 193 Å². The van der Waals surface area contributed by atoms with E-state index < -0.39 is 49.4 Å². The normalized spacial score (nSPS) is 19.4. The molecule has 0 aromatic carbocycles. The first-order valence-electron chi connectivity index (χ1n) is 27.3. The lowest BCUT2D eigenvalue weighted by atomic mass is 9.99. The van der Waals surface area contributed by atoms with Crippen molar-refractivity contribution in [2.24, 2.45) is 0 Å². The van der Waals surface area contributed by atoms with Crippen molar-refractivity contribution in [3.63, 3.8) is 0 Å². The molecule has 2 unspecified atom stereocenters. The average Bonchev–Trinajstić information content (AvgIpc) is 3.29. The Bertz CT molecular complexity index is 1050. The van der Waals surface area contributed by atoms with Crippen LogP contribution in [0.4, 0.5) is 0 Å². The molecule has 64 heavy (non-hydrogen) atoms. The second-order valence-corrected chi connectivity index (χ2v) is 19.0. The lowest BCUT2D eigenvalue weighted by Crippen LogP contribution is -2.59. The van der Waals surface area contributed by atoms with Crippen molar-refractivity contribution in [3.05, 3.63) is 12.2 Å². The molecule has 1 aliphatic rings. The molecule has 6 atom stereocenters. The summed E-state index contributed by atoms with van der Waals surface area (Å²) in [6, 6.07) is 0. The Kier molecular flexibility index (Phi) is 42.7. The Morgan fingerprint density at radius 2 is 0.828 bits per heavy atom. The molecule has 10 heteroatoms. The number of aliphatic hydroxyl groups excluding tert-OH is 4. The van der Waals surface area contributed by atoms with Crippen LogP contribution in [0.3, 0.4) is 0 Å². The van der Waals surface area contributed by atoms with E-state index in [0.29, 0.717) is 6.42 Å². The summed E-state index contributed by atoms with van der Waals surface area (Å²) < 4.78 is 22.3. The molecule has 1 rings (SSSR count). The summed E-state index contributed by atoms with van der Waals surface area (Å²) in [5, 5.41) is 40.2. The molecule has 1 fully saturated rings. The third kappa shape index (κ3) is 35.6. The Hall–Kier alpha value is -1.56. The van der Waals surface area contributed by atoms with E-state index in [9.17, 15) is 30.0 Å². The zero-order valence-corrected chi connectivity index (χ0v) is 41.6. The number of unbranched alkanes of at least 4 members (excludes halogenated alkanes) is 34. The number of allylic oxidation sites excluding steroid dienone is 2.